The minimum absolute atomic E-state index is 0.127. The summed E-state index contributed by atoms with van der Waals surface area (Å²) in [5.74, 6) is -0.614. The Bertz CT molecular complexity index is 779. The predicted octanol–water partition coefficient (Wildman–Crippen LogP) is 2.87. The Morgan fingerprint density at radius 2 is 1.88 bits per heavy atom. The van der Waals surface area contributed by atoms with Crippen molar-refractivity contribution in [2.45, 2.75) is 25.7 Å². The van der Waals surface area contributed by atoms with Crippen molar-refractivity contribution in [3.63, 3.8) is 0 Å². The number of amides is 1. The summed E-state index contributed by atoms with van der Waals surface area (Å²) in [6.45, 7) is 0. The minimum Gasteiger partial charge on any atom is -0.329 e. The van der Waals surface area contributed by atoms with Crippen molar-refractivity contribution in [1.29, 1.82) is 0 Å². The van der Waals surface area contributed by atoms with Crippen LogP contribution in [0.2, 0.25) is 0 Å². The standard InChI is InChI=1S/C18H18FN3OS/c19-15-6-1-2-7-16(15)20-18(24)22-21-17(23)11-12-8-9-13-4-3-5-14(13)10-12/h1-2,6-10H,3-5,11H2,(H,21,23)(H2,20,22,24). The highest BCUT2D eigenvalue weighted by molar-refractivity contribution is 7.80. The van der Waals surface area contributed by atoms with Crippen molar-refractivity contribution in [2.75, 3.05) is 5.32 Å². The number of hydrazine groups is 1. The summed E-state index contributed by atoms with van der Waals surface area (Å²) in [7, 11) is 0. The van der Waals surface area contributed by atoms with Gasteiger partial charge in [-0.3, -0.25) is 15.6 Å². The van der Waals surface area contributed by atoms with E-state index in [9.17, 15) is 9.18 Å². The van der Waals surface area contributed by atoms with E-state index in [4.69, 9.17) is 12.2 Å². The van der Waals surface area contributed by atoms with Gasteiger partial charge >= 0.3 is 0 Å². The van der Waals surface area contributed by atoms with Gasteiger partial charge in [-0.1, -0.05) is 30.3 Å². The molecule has 2 aromatic carbocycles. The molecule has 3 N–H and O–H groups in total. The highest BCUT2D eigenvalue weighted by Gasteiger charge is 2.12. The van der Waals surface area contributed by atoms with E-state index in [0.717, 1.165) is 18.4 Å². The van der Waals surface area contributed by atoms with Gasteiger partial charge in [0.25, 0.3) is 0 Å². The van der Waals surface area contributed by atoms with Crippen LogP contribution in [0.3, 0.4) is 0 Å². The van der Waals surface area contributed by atoms with Crippen molar-refractivity contribution in [2.24, 2.45) is 0 Å². The molecule has 0 fully saturated rings. The molecule has 3 rings (SSSR count). The van der Waals surface area contributed by atoms with Crippen molar-refractivity contribution in [3.05, 3.63) is 65.0 Å². The number of hydrogen-bond donors (Lipinski definition) is 3. The molecular weight excluding hydrogens is 325 g/mol. The van der Waals surface area contributed by atoms with Crippen LogP contribution in [-0.2, 0) is 24.1 Å². The Morgan fingerprint density at radius 1 is 1.08 bits per heavy atom. The Kier molecular flexibility index (Phi) is 5.05. The first-order valence-corrected chi connectivity index (χ1v) is 8.24. The number of anilines is 1. The third-order valence-corrected chi connectivity index (χ3v) is 4.17. The number of carbonyl (C=O) groups excluding carboxylic acids is 1. The maximum absolute atomic E-state index is 13.5. The molecule has 0 saturated heterocycles. The lowest BCUT2D eigenvalue weighted by Gasteiger charge is -2.12. The zero-order valence-corrected chi connectivity index (χ0v) is 13.9. The van der Waals surface area contributed by atoms with Crippen LogP contribution >= 0.6 is 12.2 Å². The maximum Gasteiger partial charge on any atom is 0.242 e. The van der Waals surface area contributed by atoms with E-state index in [1.54, 1.807) is 18.2 Å². The van der Waals surface area contributed by atoms with Gasteiger partial charge in [-0.2, -0.15) is 0 Å². The van der Waals surface area contributed by atoms with Crippen molar-refractivity contribution in [3.8, 4) is 0 Å². The highest BCUT2D eigenvalue weighted by atomic mass is 32.1. The third-order valence-electron chi connectivity index (χ3n) is 3.97. The van der Waals surface area contributed by atoms with Crippen molar-refractivity contribution >= 4 is 28.9 Å². The summed E-state index contributed by atoms with van der Waals surface area (Å²) < 4.78 is 13.5. The molecule has 0 spiro atoms. The second-order valence-electron chi connectivity index (χ2n) is 5.74. The third kappa shape index (κ3) is 4.08. The van der Waals surface area contributed by atoms with Crippen LogP contribution in [-0.4, -0.2) is 11.0 Å². The van der Waals surface area contributed by atoms with Crippen molar-refractivity contribution in [1.82, 2.24) is 10.9 Å². The van der Waals surface area contributed by atoms with Crippen molar-refractivity contribution < 1.29 is 9.18 Å². The predicted molar refractivity (Wildman–Crippen MR) is 96.1 cm³/mol. The molecule has 124 valence electrons. The van der Waals surface area contributed by atoms with E-state index in [1.165, 1.54) is 23.6 Å². The van der Waals surface area contributed by atoms with Gasteiger partial charge in [0.1, 0.15) is 5.82 Å². The number of nitrogens with one attached hydrogen (secondary N) is 3. The Labute approximate surface area is 145 Å². The van der Waals surface area contributed by atoms with Gasteiger partial charge < -0.3 is 5.32 Å². The smallest absolute Gasteiger partial charge is 0.242 e. The second kappa shape index (κ2) is 7.40. The van der Waals surface area contributed by atoms with E-state index in [-0.39, 0.29) is 23.1 Å². The molecule has 1 aliphatic rings. The molecule has 1 aliphatic carbocycles. The Morgan fingerprint density at radius 3 is 2.71 bits per heavy atom. The Balaban J connectivity index is 1.49. The van der Waals surface area contributed by atoms with E-state index in [2.05, 4.69) is 28.3 Å². The summed E-state index contributed by atoms with van der Waals surface area (Å²) in [6.07, 6.45) is 3.66. The number of fused-ring (bicyclic) bond motifs is 1. The molecule has 0 aromatic heterocycles. The quantitative estimate of drug-likeness (QED) is 0.593. The zero-order chi connectivity index (χ0) is 16.9. The number of benzene rings is 2. The molecule has 4 nitrogen and oxygen atoms in total. The van der Waals surface area contributed by atoms with E-state index < -0.39 is 5.82 Å². The molecule has 24 heavy (non-hydrogen) atoms. The number of aryl methyl sites for hydroxylation is 2. The number of para-hydroxylation sites is 1. The number of thiocarbonyl (C=S) groups is 1. The van der Waals surface area contributed by atoms with E-state index in [1.807, 2.05) is 6.07 Å². The molecular formula is C18H18FN3OS. The summed E-state index contributed by atoms with van der Waals surface area (Å²) in [4.78, 5) is 12.0. The van der Waals surface area contributed by atoms with Gasteiger partial charge in [0.05, 0.1) is 12.1 Å². The number of carbonyl (C=O) groups is 1. The molecule has 2 aromatic rings. The number of halogens is 1. The molecule has 0 saturated carbocycles. The van der Waals surface area contributed by atoms with Gasteiger partial charge in [0.2, 0.25) is 5.91 Å². The summed E-state index contributed by atoms with van der Waals surface area (Å²) in [5.41, 5.74) is 9.06. The van der Waals surface area contributed by atoms with Crippen LogP contribution < -0.4 is 16.2 Å². The normalized spacial score (nSPS) is 12.4. The summed E-state index contributed by atoms with van der Waals surface area (Å²) in [5, 5.41) is 2.82. The largest absolute Gasteiger partial charge is 0.329 e. The lowest BCUT2D eigenvalue weighted by Crippen LogP contribution is -2.44. The van der Waals surface area contributed by atoms with Crippen LogP contribution in [0.4, 0.5) is 10.1 Å². The average molecular weight is 343 g/mol. The van der Waals surface area contributed by atoms with E-state index in [0.29, 0.717) is 0 Å². The van der Waals surface area contributed by atoms with Crippen LogP contribution in [0.5, 0.6) is 0 Å². The fourth-order valence-corrected chi connectivity index (χ4v) is 2.97. The van der Waals surface area contributed by atoms with Crippen LogP contribution in [0.25, 0.3) is 0 Å². The molecule has 0 bridgehead atoms. The molecule has 0 aliphatic heterocycles. The van der Waals surface area contributed by atoms with E-state index >= 15 is 0 Å². The van der Waals surface area contributed by atoms with Gasteiger partial charge in [-0.15, -0.1) is 0 Å². The average Bonchev–Trinajstić information content (AvgIpc) is 3.03. The first-order chi connectivity index (χ1) is 11.6. The number of rotatable bonds is 3. The first-order valence-electron chi connectivity index (χ1n) is 7.83. The van der Waals surface area contributed by atoms with Crippen LogP contribution in [0.1, 0.15) is 23.1 Å². The lowest BCUT2D eigenvalue weighted by molar-refractivity contribution is -0.120. The molecule has 0 unspecified atom stereocenters. The zero-order valence-electron chi connectivity index (χ0n) is 13.1. The fourth-order valence-electron chi connectivity index (χ4n) is 2.81. The molecule has 0 heterocycles. The van der Waals surface area contributed by atoms with Gasteiger partial charge in [0, 0.05) is 0 Å². The molecule has 1 amide bonds. The first kappa shape index (κ1) is 16.4. The number of hydrogen-bond acceptors (Lipinski definition) is 2. The van der Waals surface area contributed by atoms with Gasteiger partial charge in [0.15, 0.2) is 5.11 Å². The topological polar surface area (TPSA) is 53.2 Å². The van der Waals surface area contributed by atoms with Gasteiger partial charge in [-0.25, -0.2) is 4.39 Å². The maximum atomic E-state index is 13.5. The highest BCUT2D eigenvalue weighted by Crippen LogP contribution is 2.22. The van der Waals surface area contributed by atoms with Gasteiger partial charge in [-0.05, 0) is 60.3 Å². The SMILES string of the molecule is O=C(Cc1ccc2c(c1)CCC2)NNC(=S)Nc1ccccc1F. The van der Waals surface area contributed by atoms with Crippen LogP contribution in [0.15, 0.2) is 42.5 Å². The monoisotopic (exact) mass is 343 g/mol. The fraction of sp³-hybridized carbons (Fsp3) is 0.222. The summed E-state index contributed by atoms with van der Waals surface area (Å²) >= 11 is 5.04. The molecule has 0 atom stereocenters. The lowest BCUT2D eigenvalue weighted by atomic mass is 10.0. The molecule has 6 heteroatoms. The molecule has 0 radical (unpaired) electrons. The minimum atomic E-state index is -0.411. The second-order valence-corrected chi connectivity index (χ2v) is 6.15. The Hall–Kier alpha value is -2.47. The van der Waals surface area contributed by atoms with Crippen LogP contribution in [0, 0.1) is 5.82 Å². The summed E-state index contributed by atoms with van der Waals surface area (Å²) in [6, 6.07) is 12.4.